The Morgan fingerprint density at radius 1 is 1.41 bits per heavy atom. The molecule has 3 unspecified atom stereocenters. The Labute approximate surface area is 105 Å². The van der Waals surface area contributed by atoms with Gasteiger partial charge in [0, 0.05) is 44.8 Å². The van der Waals surface area contributed by atoms with Crippen LogP contribution in [-0.4, -0.2) is 73.9 Å². The van der Waals surface area contributed by atoms with E-state index in [9.17, 15) is 0 Å². The van der Waals surface area contributed by atoms with E-state index >= 15 is 0 Å². The van der Waals surface area contributed by atoms with E-state index in [0.717, 1.165) is 19.7 Å². The maximum atomic E-state index is 5.86. The molecule has 0 aliphatic carbocycles. The molecule has 2 fully saturated rings. The molecule has 0 aromatic heterocycles. The molecule has 2 aliphatic rings. The molecule has 0 spiro atoms. The van der Waals surface area contributed by atoms with Gasteiger partial charge in [-0.15, -0.1) is 0 Å². The van der Waals surface area contributed by atoms with Crippen LogP contribution in [0.25, 0.3) is 0 Å². The zero-order valence-corrected chi connectivity index (χ0v) is 11.5. The summed E-state index contributed by atoms with van der Waals surface area (Å²) in [5.74, 6) is 0. The van der Waals surface area contributed by atoms with Gasteiger partial charge in [0.15, 0.2) is 0 Å². The quantitative estimate of drug-likeness (QED) is 0.773. The summed E-state index contributed by atoms with van der Waals surface area (Å²) in [6.45, 7) is 14.5. The van der Waals surface area contributed by atoms with Crippen molar-refractivity contribution in [1.82, 2.24) is 15.1 Å². The van der Waals surface area contributed by atoms with Gasteiger partial charge in [-0.2, -0.15) is 0 Å². The molecular formula is C13H27N3O. The van der Waals surface area contributed by atoms with Crippen LogP contribution in [0.4, 0.5) is 0 Å². The standard InChI is InChI=1S/C13H27N3O/c1-4-15-6-7-16(10-11(15)2)12(3)13-9-14-5-8-17-13/h11-14H,4-10H2,1-3H3. The van der Waals surface area contributed by atoms with Gasteiger partial charge in [0.1, 0.15) is 0 Å². The van der Waals surface area contributed by atoms with E-state index in [-0.39, 0.29) is 0 Å². The van der Waals surface area contributed by atoms with Crippen molar-refractivity contribution in [1.29, 1.82) is 0 Å². The minimum absolute atomic E-state index is 0.365. The fourth-order valence-corrected chi connectivity index (χ4v) is 2.99. The average molecular weight is 241 g/mol. The predicted octanol–water partition coefficient (Wildman–Crippen LogP) is 0.389. The van der Waals surface area contributed by atoms with Crippen LogP contribution in [0.15, 0.2) is 0 Å². The Bertz CT molecular complexity index is 231. The number of hydrogen-bond donors (Lipinski definition) is 1. The smallest absolute Gasteiger partial charge is 0.0852 e. The van der Waals surface area contributed by atoms with E-state index in [1.165, 1.54) is 26.2 Å². The van der Waals surface area contributed by atoms with Crippen molar-refractivity contribution < 1.29 is 4.74 Å². The van der Waals surface area contributed by atoms with Gasteiger partial charge in [-0.05, 0) is 20.4 Å². The van der Waals surface area contributed by atoms with Crippen LogP contribution in [0, 0.1) is 0 Å². The van der Waals surface area contributed by atoms with Crippen LogP contribution in [0.3, 0.4) is 0 Å². The summed E-state index contributed by atoms with van der Waals surface area (Å²) >= 11 is 0. The van der Waals surface area contributed by atoms with Gasteiger partial charge in [0.2, 0.25) is 0 Å². The first-order valence-electron chi connectivity index (χ1n) is 7.02. The Balaban J connectivity index is 1.85. The number of nitrogens with zero attached hydrogens (tertiary/aromatic N) is 2. The molecule has 17 heavy (non-hydrogen) atoms. The number of morpholine rings is 1. The lowest BCUT2D eigenvalue weighted by atomic mass is 10.1. The van der Waals surface area contributed by atoms with Crippen LogP contribution in [-0.2, 0) is 4.74 Å². The molecule has 2 aliphatic heterocycles. The molecule has 0 aromatic carbocycles. The minimum atomic E-state index is 0.365. The van der Waals surface area contributed by atoms with Crippen molar-refractivity contribution in [2.75, 3.05) is 45.9 Å². The second-order valence-electron chi connectivity index (χ2n) is 5.33. The van der Waals surface area contributed by atoms with Crippen molar-refractivity contribution in [3.63, 3.8) is 0 Å². The molecular weight excluding hydrogens is 214 g/mol. The minimum Gasteiger partial charge on any atom is -0.374 e. The summed E-state index contributed by atoms with van der Waals surface area (Å²) in [4.78, 5) is 5.15. The summed E-state index contributed by atoms with van der Waals surface area (Å²) in [7, 11) is 0. The van der Waals surface area contributed by atoms with Crippen molar-refractivity contribution in [2.45, 2.75) is 39.0 Å². The molecule has 3 atom stereocenters. The van der Waals surface area contributed by atoms with Crippen molar-refractivity contribution in [2.24, 2.45) is 0 Å². The van der Waals surface area contributed by atoms with Gasteiger partial charge in [-0.3, -0.25) is 9.80 Å². The number of rotatable bonds is 3. The summed E-state index contributed by atoms with van der Waals surface area (Å²) in [6, 6.07) is 1.21. The van der Waals surface area contributed by atoms with Gasteiger partial charge < -0.3 is 10.1 Å². The van der Waals surface area contributed by atoms with Gasteiger partial charge in [0.25, 0.3) is 0 Å². The first kappa shape index (κ1) is 13.3. The predicted molar refractivity (Wildman–Crippen MR) is 70.4 cm³/mol. The molecule has 0 saturated carbocycles. The van der Waals surface area contributed by atoms with Crippen LogP contribution in [0.1, 0.15) is 20.8 Å². The van der Waals surface area contributed by atoms with Crippen molar-refractivity contribution in [3.8, 4) is 0 Å². The first-order chi connectivity index (χ1) is 8.22. The molecule has 4 nitrogen and oxygen atoms in total. The maximum Gasteiger partial charge on any atom is 0.0852 e. The SMILES string of the molecule is CCN1CCN(C(C)C2CNCCO2)CC1C. The normalized spacial score (nSPS) is 34.8. The zero-order valence-electron chi connectivity index (χ0n) is 11.5. The summed E-state index contributed by atoms with van der Waals surface area (Å²) in [5, 5.41) is 3.42. The Morgan fingerprint density at radius 3 is 2.82 bits per heavy atom. The second-order valence-corrected chi connectivity index (χ2v) is 5.33. The number of hydrogen-bond acceptors (Lipinski definition) is 4. The second kappa shape index (κ2) is 6.14. The lowest BCUT2D eigenvalue weighted by molar-refractivity contribution is -0.0441. The van der Waals surface area contributed by atoms with E-state index in [4.69, 9.17) is 4.74 Å². The molecule has 0 aromatic rings. The largest absolute Gasteiger partial charge is 0.374 e. The fraction of sp³-hybridized carbons (Fsp3) is 1.00. The monoisotopic (exact) mass is 241 g/mol. The van der Waals surface area contributed by atoms with Crippen LogP contribution in [0.2, 0.25) is 0 Å². The zero-order chi connectivity index (χ0) is 12.3. The third-order valence-corrected chi connectivity index (χ3v) is 4.27. The van der Waals surface area contributed by atoms with Crippen LogP contribution < -0.4 is 5.32 Å². The molecule has 4 heteroatoms. The average Bonchev–Trinajstić information content (AvgIpc) is 2.39. The highest BCUT2D eigenvalue weighted by atomic mass is 16.5. The van der Waals surface area contributed by atoms with E-state index < -0.39 is 0 Å². The molecule has 0 bridgehead atoms. The van der Waals surface area contributed by atoms with E-state index in [0.29, 0.717) is 18.2 Å². The molecule has 1 N–H and O–H groups in total. The third kappa shape index (κ3) is 3.19. The van der Waals surface area contributed by atoms with Crippen LogP contribution >= 0.6 is 0 Å². The summed E-state index contributed by atoms with van der Waals surface area (Å²) in [6.07, 6.45) is 0.365. The molecule has 2 rings (SSSR count). The highest BCUT2D eigenvalue weighted by Crippen LogP contribution is 2.16. The molecule has 100 valence electrons. The topological polar surface area (TPSA) is 27.7 Å². The lowest BCUT2D eigenvalue weighted by Gasteiger charge is -2.44. The maximum absolute atomic E-state index is 5.86. The Hall–Kier alpha value is -0.160. The van der Waals surface area contributed by atoms with Gasteiger partial charge in [-0.1, -0.05) is 6.92 Å². The first-order valence-corrected chi connectivity index (χ1v) is 7.02. The lowest BCUT2D eigenvalue weighted by Crippen LogP contribution is -2.58. The number of nitrogens with one attached hydrogen (secondary N) is 1. The number of likely N-dealkylation sites (N-methyl/N-ethyl adjacent to an activating group) is 1. The molecule has 2 saturated heterocycles. The van der Waals surface area contributed by atoms with Crippen molar-refractivity contribution in [3.05, 3.63) is 0 Å². The Morgan fingerprint density at radius 2 is 2.24 bits per heavy atom. The highest BCUT2D eigenvalue weighted by Gasteiger charge is 2.30. The van der Waals surface area contributed by atoms with E-state index in [2.05, 4.69) is 35.9 Å². The van der Waals surface area contributed by atoms with Gasteiger partial charge in [0.05, 0.1) is 12.7 Å². The highest BCUT2D eigenvalue weighted by molar-refractivity contribution is 4.86. The summed E-state index contributed by atoms with van der Waals surface area (Å²) < 4.78 is 5.86. The van der Waals surface area contributed by atoms with Crippen LogP contribution in [0.5, 0.6) is 0 Å². The van der Waals surface area contributed by atoms with Gasteiger partial charge in [-0.25, -0.2) is 0 Å². The molecule has 2 heterocycles. The number of ether oxygens (including phenoxy) is 1. The fourth-order valence-electron chi connectivity index (χ4n) is 2.99. The van der Waals surface area contributed by atoms with Crippen molar-refractivity contribution >= 4 is 0 Å². The number of piperazine rings is 1. The third-order valence-electron chi connectivity index (χ3n) is 4.27. The Kier molecular flexibility index (Phi) is 4.79. The molecule has 0 amide bonds. The van der Waals surface area contributed by atoms with E-state index in [1.54, 1.807) is 0 Å². The molecule has 0 radical (unpaired) electrons. The summed E-state index contributed by atoms with van der Waals surface area (Å²) in [5.41, 5.74) is 0. The van der Waals surface area contributed by atoms with Gasteiger partial charge >= 0.3 is 0 Å². The van der Waals surface area contributed by atoms with E-state index in [1.807, 2.05) is 0 Å².